The van der Waals surface area contributed by atoms with E-state index in [1.165, 1.54) is 18.3 Å². The van der Waals surface area contributed by atoms with Gasteiger partial charge in [0, 0.05) is 24.0 Å². The number of hydrogen-bond acceptors (Lipinski definition) is 3. The SMILES string of the molecule is O=[N+]([O-])c1cccnc1C#CCCBr. The lowest BCUT2D eigenvalue weighted by Gasteiger charge is -1.92. The van der Waals surface area contributed by atoms with Gasteiger partial charge in [0.05, 0.1) is 4.92 Å². The Bertz CT molecular complexity index is 395. The number of pyridine rings is 1. The third-order valence-electron chi connectivity index (χ3n) is 1.41. The zero-order valence-electron chi connectivity index (χ0n) is 7.24. The maximum absolute atomic E-state index is 10.5. The summed E-state index contributed by atoms with van der Waals surface area (Å²) in [5, 5.41) is 11.3. The zero-order valence-corrected chi connectivity index (χ0v) is 8.82. The molecule has 0 bridgehead atoms. The minimum atomic E-state index is -0.481. The Balaban J connectivity index is 2.97. The molecular weight excluding hydrogens is 248 g/mol. The highest BCUT2D eigenvalue weighted by atomic mass is 79.9. The van der Waals surface area contributed by atoms with Crippen molar-refractivity contribution in [2.24, 2.45) is 0 Å². The summed E-state index contributed by atoms with van der Waals surface area (Å²) in [6.07, 6.45) is 2.14. The van der Waals surface area contributed by atoms with Gasteiger partial charge < -0.3 is 0 Å². The number of alkyl halides is 1. The molecule has 14 heavy (non-hydrogen) atoms. The maximum Gasteiger partial charge on any atom is 0.303 e. The lowest BCUT2D eigenvalue weighted by Crippen LogP contribution is -1.93. The lowest BCUT2D eigenvalue weighted by atomic mass is 10.3. The number of aromatic nitrogens is 1. The van der Waals surface area contributed by atoms with Crippen LogP contribution in [-0.2, 0) is 0 Å². The van der Waals surface area contributed by atoms with E-state index in [1.807, 2.05) is 0 Å². The van der Waals surface area contributed by atoms with Crippen LogP contribution in [-0.4, -0.2) is 15.2 Å². The van der Waals surface area contributed by atoms with Crippen molar-refractivity contribution in [2.75, 3.05) is 5.33 Å². The molecule has 0 saturated carbocycles. The van der Waals surface area contributed by atoms with Crippen molar-refractivity contribution in [3.05, 3.63) is 34.1 Å². The second kappa shape index (κ2) is 5.35. The van der Waals surface area contributed by atoms with E-state index in [0.29, 0.717) is 6.42 Å². The van der Waals surface area contributed by atoms with Crippen LogP contribution in [0.4, 0.5) is 5.69 Å². The van der Waals surface area contributed by atoms with Gasteiger partial charge in [-0.2, -0.15) is 0 Å². The second-order valence-electron chi connectivity index (χ2n) is 2.37. The van der Waals surface area contributed by atoms with Crippen LogP contribution >= 0.6 is 15.9 Å². The van der Waals surface area contributed by atoms with Gasteiger partial charge in [0.15, 0.2) is 5.69 Å². The summed E-state index contributed by atoms with van der Waals surface area (Å²) in [4.78, 5) is 13.9. The smallest absolute Gasteiger partial charge is 0.258 e. The van der Waals surface area contributed by atoms with Crippen LogP contribution in [0.5, 0.6) is 0 Å². The van der Waals surface area contributed by atoms with Gasteiger partial charge in [0.1, 0.15) is 0 Å². The third-order valence-corrected chi connectivity index (χ3v) is 1.81. The van der Waals surface area contributed by atoms with Gasteiger partial charge in [0.25, 0.3) is 0 Å². The molecule has 0 unspecified atom stereocenters. The van der Waals surface area contributed by atoms with Gasteiger partial charge >= 0.3 is 5.69 Å². The second-order valence-corrected chi connectivity index (χ2v) is 3.16. The summed E-state index contributed by atoms with van der Waals surface area (Å²) in [6.45, 7) is 0. The highest BCUT2D eigenvalue weighted by Crippen LogP contribution is 2.13. The molecule has 1 rings (SSSR count). The minimum absolute atomic E-state index is 0.0467. The fourth-order valence-electron chi connectivity index (χ4n) is 0.834. The van der Waals surface area contributed by atoms with Gasteiger partial charge in [-0.3, -0.25) is 10.1 Å². The van der Waals surface area contributed by atoms with Crippen molar-refractivity contribution >= 4 is 21.6 Å². The van der Waals surface area contributed by atoms with E-state index in [4.69, 9.17) is 0 Å². The topological polar surface area (TPSA) is 56.0 Å². The molecule has 72 valence electrons. The van der Waals surface area contributed by atoms with E-state index >= 15 is 0 Å². The first-order chi connectivity index (χ1) is 6.75. The van der Waals surface area contributed by atoms with E-state index in [9.17, 15) is 10.1 Å². The molecule has 0 aromatic carbocycles. The van der Waals surface area contributed by atoms with E-state index < -0.39 is 4.92 Å². The quantitative estimate of drug-likeness (QED) is 0.352. The largest absolute Gasteiger partial charge is 0.303 e. The molecule has 0 atom stereocenters. The molecule has 0 aliphatic rings. The van der Waals surface area contributed by atoms with Crippen molar-refractivity contribution in [2.45, 2.75) is 6.42 Å². The highest BCUT2D eigenvalue weighted by Gasteiger charge is 2.10. The Morgan fingerprint density at radius 1 is 1.64 bits per heavy atom. The molecule has 5 heteroatoms. The molecule has 1 aromatic heterocycles. The average molecular weight is 255 g/mol. The summed E-state index contributed by atoms with van der Waals surface area (Å²) in [7, 11) is 0. The van der Waals surface area contributed by atoms with E-state index in [2.05, 4.69) is 32.8 Å². The van der Waals surface area contributed by atoms with Gasteiger partial charge in [-0.1, -0.05) is 21.9 Å². The standard InChI is InChI=1S/C9H7BrN2O2/c10-6-2-1-4-8-9(12(13)14)5-3-7-11-8/h3,5,7H,2,6H2. The van der Waals surface area contributed by atoms with Crippen LogP contribution in [0.1, 0.15) is 12.1 Å². The van der Waals surface area contributed by atoms with Crippen LogP contribution in [0.2, 0.25) is 0 Å². The van der Waals surface area contributed by atoms with Crippen molar-refractivity contribution in [3.63, 3.8) is 0 Å². The predicted molar refractivity (Wildman–Crippen MR) is 56.2 cm³/mol. The van der Waals surface area contributed by atoms with E-state index in [1.54, 1.807) is 0 Å². The molecule has 4 nitrogen and oxygen atoms in total. The van der Waals surface area contributed by atoms with Crippen molar-refractivity contribution in [3.8, 4) is 11.8 Å². The van der Waals surface area contributed by atoms with E-state index in [0.717, 1.165) is 5.33 Å². The molecule has 0 N–H and O–H groups in total. The van der Waals surface area contributed by atoms with Crippen LogP contribution in [0, 0.1) is 22.0 Å². The Labute approximate surface area is 89.6 Å². The fraction of sp³-hybridized carbons (Fsp3) is 0.222. The molecule has 0 aliphatic carbocycles. The fourth-order valence-corrected chi connectivity index (χ4v) is 1.03. The Morgan fingerprint density at radius 2 is 2.43 bits per heavy atom. The molecule has 0 saturated heterocycles. The molecule has 0 amide bonds. The summed E-state index contributed by atoms with van der Waals surface area (Å²) in [6, 6.07) is 2.92. The number of halogens is 1. The Hall–Kier alpha value is -1.41. The first kappa shape index (κ1) is 10.7. The third kappa shape index (κ3) is 2.82. The monoisotopic (exact) mass is 254 g/mol. The van der Waals surface area contributed by atoms with Crippen LogP contribution in [0.15, 0.2) is 18.3 Å². The molecule has 0 radical (unpaired) electrons. The first-order valence-corrected chi connectivity index (χ1v) is 5.02. The average Bonchev–Trinajstić information content (AvgIpc) is 2.19. The van der Waals surface area contributed by atoms with Gasteiger partial charge in [-0.15, -0.1) is 0 Å². The van der Waals surface area contributed by atoms with Crippen LogP contribution in [0.3, 0.4) is 0 Å². The lowest BCUT2D eigenvalue weighted by molar-refractivity contribution is -0.385. The summed E-state index contributed by atoms with van der Waals surface area (Å²) >= 11 is 3.21. The summed E-state index contributed by atoms with van der Waals surface area (Å²) in [5.74, 6) is 5.45. The van der Waals surface area contributed by atoms with Crippen LogP contribution in [0.25, 0.3) is 0 Å². The molecule has 0 spiro atoms. The summed E-state index contributed by atoms with van der Waals surface area (Å²) < 4.78 is 0. The maximum atomic E-state index is 10.5. The molecule has 0 fully saturated rings. The van der Waals surface area contributed by atoms with Crippen LogP contribution < -0.4 is 0 Å². The Kier molecular flexibility index (Phi) is 4.08. The van der Waals surface area contributed by atoms with Crippen molar-refractivity contribution in [1.82, 2.24) is 4.98 Å². The van der Waals surface area contributed by atoms with Gasteiger partial charge in [-0.25, -0.2) is 4.98 Å². The number of nitrogens with zero attached hydrogens (tertiary/aromatic N) is 2. The van der Waals surface area contributed by atoms with E-state index in [-0.39, 0.29) is 11.4 Å². The summed E-state index contributed by atoms with van der Waals surface area (Å²) in [5.41, 5.74) is 0.174. The highest BCUT2D eigenvalue weighted by molar-refractivity contribution is 9.09. The first-order valence-electron chi connectivity index (χ1n) is 3.90. The zero-order chi connectivity index (χ0) is 10.4. The molecule has 1 aromatic rings. The minimum Gasteiger partial charge on any atom is -0.258 e. The van der Waals surface area contributed by atoms with Gasteiger partial charge in [0.2, 0.25) is 0 Å². The molecular formula is C9H7BrN2O2. The van der Waals surface area contributed by atoms with Crippen molar-refractivity contribution < 1.29 is 4.92 Å². The van der Waals surface area contributed by atoms with Crippen molar-refractivity contribution in [1.29, 1.82) is 0 Å². The number of nitro groups is 1. The number of rotatable bonds is 2. The number of hydrogen-bond donors (Lipinski definition) is 0. The molecule has 1 heterocycles. The predicted octanol–water partition coefficient (Wildman–Crippen LogP) is 2.13. The normalized spacial score (nSPS) is 8.93. The van der Waals surface area contributed by atoms with Gasteiger partial charge in [-0.05, 0) is 12.0 Å². The molecule has 0 aliphatic heterocycles. The Morgan fingerprint density at radius 3 is 3.07 bits per heavy atom.